The van der Waals surface area contributed by atoms with Gasteiger partial charge in [-0.2, -0.15) is 8.42 Å². The molecule has 0 saturated heterocycles. The molecule has 0 radical (unpaired) electrons. The van der Waals surface area contributed by atoms with Gasteiger partial charge in [0.2, 0.25) is 0 Å². The van der Waals surface area contributed by atoms with E-state index in [9.17, 15) is 18.0 Å². The van der Waals surface area contributed by atoms with E-state index in [2.05, 4.69) is 0 Å². The van der Waals surface area contributed by atoms with Crippen molar-refractivity contribution >= 4 is 33.6 Å². The van der Waals surface area contributed by atoms with E-state index in [1.54, 1.807) is 61.2 Å². The van der Waals surface area contributed by atoms with Crippen molar-refractivity contribution in [1.82, 2.24) is 4.90 Å². The number of hydrogen-bond acceptors (Lipinski definition) is 6. The van der Waals surface area contributed by atoms with Crippen LogP contribution in [0.3, 0.4) is 0 Å². The van der Waals surface area contributed by atoms with Crippen molar-refractivity contribution in [2.45, 2.75) is 45.2 Å². The largest absolute Gasteiger partial charge is 0.459 e. The van der Waals surface area contributed by atoms with E-state index in [1.165, 1.54) is 30.3 Å². The Bertz CT molecular complexity index is 1350. The molecule has 0 aliphatic rings. The minimum atomic E-state index is -4.31. The third-order valence-electron chi connectivity index (χ3n) is 5.20. The van der Waals surface area contributed by atoms with Gasteiger partial charge in [0.05, 0.1) is 22.3 Å². The third kappa shape index (κ3) is 7.57. The lowest BCUT2D eigenvalue weighted by molar-refractivity contribution is 0.0372. The molecule has 0 spiro atoms. The van der Waals surface area contributed by atoms with Crippen molar-refractivity contribution in [1.29, 1.82) is 0 Å². The molecule has 37 heavy (non-hydrogen) atoms. The van der Waals surface area contributed by atoms with E-state index < -0.39 is 22.2 Å². The number of rotatable bonds is 10. The number of amides is 1. The van der Waals surface area contributed by atoms with E-state index in [0.29, 0.717) is 23.7 Å². The van der Waals surface area contributed by atoms with Crippen LogP contribution in [0, 0.1) is 5.92 Å². The fourth-order valence-electron chi connectivity index (χ4n) is 3.64. The molecule has 0 heterocycles. The van der Waals surface area contributed by atoms with Gasteiger partial charge in [0, 0.05) is 13.1 Å². The first-order valence-corrected chi connectivity index (χ1v) is 13.6. The molecule has 9 heteroatoms. The summed E-state index contributed by atoms with van der Waals surface area (Å²) in [5, 5.41) is 0.382. The number of benzene rings is 3. The van der Waals surface area contributed by atoms with Crippen molar-refractivity contribution in [3.05, 3.63) is 94.5 Å². The summed E-state index contributed by atoms with van der Waals surface area (Å²) in [5.41, 5.74) is 1.10. The Morgan fingerprint density at radius 2 is 1.46 bits per heavy atom. The molecule has 0 unspecified atom stereocenters. The Morgan fingerprint density at radius 1 is 0.865 bits per heavy atom. The first kappa shape index (κ1) is 28.2. The number of carbonyl (C=O) groups excluding carboxylic acids is 2. The molecule has 0 aromatic heterocycles. The summed E-state index contributed by atoms with van der Waals surface area (Å²) in [6.07, 6.45) is -0.406. The Labute approximate surface area is 223 Å². The molecule has 0 aliphatic carbocycles. The fraction of sp³-hybridized carbons (Fsp3) is 0.286. The van der Waals surface area contributed by atoms with Gasteiger partial charge in [-0.3, -0.25) is 4.79 Å². The van der Waals surface area contributed by atoms with Crippen LogP contribution in [0.4, 0.5) is 0 Å². The van der Waals surface area contributed by atoms with Crippen LogP contribution in [-0.2, 0) is 21.4 Å². The third-order valence-corrected chi connectivity index (χ3v) is 6.83. The molecule has 196 valence electrons. The Morgan fingerprint density at radius 3 is 2.05 bits per heavy atom. The van der Waals surface area contributed by atoms with Crippen molar-refractivity contribution in [2.75, 3.05) is 6.54 Å². The van der Waals surface area contributed by atoms with E-state index >= 15 is 0 Å². The minimum Gasteiger partial charge on any atom is -0.459 e. The van der Waals surface area contributed by atoms with E-state index in [4.69, 9.17) is 20.5 Å². The molecular weight excluding hydrogens is 514 g/mol. The van der Waals surface area contributed by atoms with E-state index in [-0.39, 0.29) is 28.0 Å². The van der Waals surface area contributed by atoms with Gasteiger partial charge in [0.15, 0.2) is 0 Å². The van der Waals surface area contributed by atoms with Crippen LogP contribution in [0.2, 0.25) is 5.02 Å². The van der Waals surface area contributed by atoms with Crippen LogP contribution in [0.1, 0.15) is 54.0 Å². The summed E-state index contributed by atoms with van der Waals surface area (Å²) in [5.74, 6) is -0.640. The molecule has 3 aromatic carbocycles. The smallest absolute Gasteiger partial charge is 0.340 e. The molecule has 0 N–H and O–H groups in total. The van der Waals surface area contributed by atoms with Crippen LogP contribution < -0.4 is 4.18 Å². The van der Waals surface area contributed by atoms with Gasteiger partial charge in [-0.25, -0.2) is 4.79 Å². The molecule has 0 aliphatic heterocycles. The quantitative estimate of drug-likeness (QED) is 0.231. The zero-order chi connectivity index (χ0) is 27.2. The molecule has 1 amide bonds. The summed E-state index contributed by atoms with van der Waals surface area (Å²) >= 11 is 6.24. The van der Waals surface area contributed by atoms with E-state index in [0.717, 1.165) is 5.56 Å². The molecule has 7 nitrogen and oxygen atoms in total. The lowest BCUT2D eigenvalue weighted by Crippen LogP contribution is -2.34. The second kappa shape index (κ2) is 12.3. The number of carbonyl (C=O) groups is 2. The highest BCUT2D eigenvalue weighted by molar-refractivity contribution is 7.87. The standard InChI is InChI=1S/C28H30ClNO6S/c1-19(2)17-30(27(31)23-9-5-7-11-25(23)29)18-21-13-15-22(16-14-21)36-37(33,34)26-12-8-6-10-24(26)28(32)35-20(3)4/h5-16,19-20H,17-18H2,1-4H3. The average molecular weight is 544 g/mol. The summed E-state index contributed by atoms with van der Waals surface area (Å²) in [6.45, 7) is 8.21. The molecule has 0 atom stereocenters. The van der Waals surface area contributed by atoms with Gasteiger partial charge in [0.25, 0.3) is 5.91 Å². The Kier molecular flexibility index (Phi) is 9.34. The number of halogens is 1. The predicted octanol–water partition coefficient (Wildman–Crippen LogP) is 5.97. The highest BCUT2D eigenvalue weighted by Crippen LogP contribution is 2.24. The van der Waals surface area contributed by atoms with Crippen LogP contribution in [-0.4, -0.2) is 37.8 Å². The molecule has 0 bridgehead atoms. The molecule has 0 saturated carbocycles. The second-order valence-corrected chi connectivity index (χ2v) is 11.1. The zero-order valence-electron chi connectivity index (χ0n) is 21.2. The number of hydrogen-bond donors (Lipinski definition) is 0. The minimum absolute atomic E-state index is 0.0728. The first-order chi connectivity index (χ1) is 17.5. The van der Waals surface area contributed by atoms with Gasteiger partial charge in [-0.05, 0) is 61.7 Å². The van der Waals surface area contributed by atoms with Crippen LogP contribution in [0.5, 0.6) is 5.75 Å². The van der Waals surface area contributed by atoms with Crippen molar-refractivity contribution in [3.63, 3.8) is 0 Å². The number of ether oxygens (including phenoxy) is 1. The maximum atomic E-state index is 13.2. The van der Waals surface area contributed by atoms with E-state index in [1.807, 2.05) is 13.8 Å². The maximum Gasteiger partial charge on any atom is 0.340 e. The van der Waals surface area contributed by atoms with Gasteiger partial charge < -0.3 is 13.8 Å². The SMILES string of the molecule is CC(C)CN(Cc1ccc(OS(=O)(=O)c2ccccc2C(=O)OC(C)C)cc1)C(=O)c1ccccc1Cl. The molecule has 3 aromatic rings. The first-order valence-electron chi connectivity index (χ1n) is 11.8. The highest BCUT2D eigenvalue weighted by Gasteiger charge is 2.26. The zero-order valence-corrected chi connectivity index (χ0v) is 22.8. The van der Waals surface area contributed by atoms with Gasteiger partial charge in [0.1, 0.15) is 10.6 Å². The summed E-state index contributed by atoms with van der Waals surface area (Å²) < 4.78 is 36.4. The summed E-state index contributed by atoms with van der Waals surface area (Å²) in [7, 11) is -4.31. The summed E-state index contributed by atoms with van der Waals surface area (Å²) in [4.78, 5) is 27.0. The monoisotopic (exact) mass is 543 g/mol. The van der Waals surface area contributed by atoms with Crippen molar-refractivity contribution in [3.8, 4) is 5.75 Å². The predicted molar refractivity (Wildman–Crippen MR) is 142 cm³/mol. The normalized spacial score (nSPS) is 11.4. The van der Waals surface area contributed by atoms with Gasteiger partial charge >= 0.3 is 16.1 Å². The molecule has 0 fully saturated rings. The fourth-order valence-corrected chi connectivity index (χ4v) is 4.98. The second-order valence-electron chi connectivity index (χ2n) is 9.19. The Balaban J connectivity index is 1.79. The maximum absolute atomic E-state index is 13.2. The van der Waals surface area contributed by atoms with Crippen LogP contribution in [0.25, 0.3) is 0 Å². The molecular formula is C28H30ClNO6S. The molecule has 3 rings (SSSR count). The highest BCUT2D eigenvalue weighted by atomic mass is 35.5. The number of nitrogens with zero attached hydrogens (tertiary/aromatic N) is 1. The summed E-state index contributed by atoms with van der Waals surface area (Å²) in [6, 6.07) is 19.0. The topological polar surface area (TPSA) is 90.0 Å². The lowest BCUT2D eigenvalue weighted by Gasteiger charge is -2.25. The van der Waals surface area contributed by atoms with Gasteiger partial charge in [-0.1, -0.05) is 61.8 Å². The average Bonchev–Trinajstić information content (AvgIpc) is 2.84. The van der Waals surface area contributed by atoms with Crippen molar-refractivity contribution < 1.29 is 26.9 Å². The van der Waals surface area contributed by atoms with Crippen LogP contribution in [0.15, 0.2) is 77.7 Å². The van der Waals surface area contributed by atoms with Crippen LogP contribution >= 0.6 is 11.6 Å². The lowest BCUT2D eigenvalue weighted by atomic mass is 10.1. The Hall–Kier alpha value is -3.36. The van der Waals surface area contributed by atoms with Gasteiger partial charge in [-0.15, -0.1) is 0 Å². The van der Waals surface area contributed by atoms with Crippen molar-refractivity contribution in [2.24, 2.45) is 5.92 Å². The number of esters is 1.